The minimum atomic E-state index is -0.216. The van der Waals surface area contributed by atoms with E-state index in [-0.39, 0.29) is 11.1 Å². The molecule has 1 aliphatic rings. The number of aromatic nitrogens is 1. The standard InChI is InChI=1S/C18H21N3O2S/c1-13-7-17(14(2)24-13)12-21-11-15(8-16(9-19)18(21)22)10-20-3-5-23-6-4-20/h7-8,11H,3-6,10,12H2,1-2H3. The molecule has 0 saturated carbocycles. The second-order valence-corrected chi connectivity index (χ2v) is 7.59. The van der Waals surface area contributed by atoms with Gasteiger partial charge in [0.1, 0.15) is 11.6 Å². The molecule has 0 aliphatic carbocycles. The van der Waals surface area contributed by atoms with Gasteiger partial charge in [0.25, 0.3) is 5.56 Å². The quantitative estimate of drug-likeness (QED) is 0.855. The molecule has 2 aromatic rings. The minimum absolute atomic E-state index is 0.213. The first-order chi connectivity index (χ1) is 11.6. The van der Waals surface area contributed by atoms with Gasteiger partial charge >= 0.3 is 0 Å². The smallest absolute Gasteiger partial charge is 0.268 e. The van der Waals surface area contributed by atoms with Crippen LogP contribution in [0.4, 0.5) is 0 Å². The molecule has 5 nitrogen and oxygen atoms in total. The summed E-state index contributed by atoms with van der Waals surface area (Å²) in [6, 6.07) is 5.89. The van der Waals surface area contributed by atoms with Crippen molar-refractivity contribution >= 4 is 11.3 Å². The zero-order chi connectivity index (χ0) is 17.1. The van der Waals surface area contributed by atoms with E-state index in [2.05, 4.69) is 24.8 Å². The Kier molecular flexibility index (Phi) is 5.14. The van der Waals surface area contributed by atoms with Crippen LogP contribution < -0.4 is 5.56 Å². The summed E-state index contributed by atoms with van der Waals surface area (Å²) < 4.78 is 7.04. The number of nitriles is 1. The number of thiophene rings is 1. The van der Waals surface area contributed by atoms with E-state index in [4.69, 9.17) is 4.74 Å². The van der Waals surface area contributed by atoms with Gasteiger partial charge in [-0.1, -0.05) is 0 Å². The Morgan fingerprint density at radius 1 is 1.25 bits per heavy atom. The van der Waals surface area contributed by atoms with Crippen molar-refractivity contribution in [3.63, 3.8) is 0 Å². The van der Waals surface area contributed by atoms with Crippen LogP contribution in [0.3, 0.4) is 0 Å². The number of hydrogen-bond acceptors (Lipinski definition) is 5. The van der Waals surface area contributed by atoms with Crippen molar-refractivity contribution in [3.05, 3.63) is 55.1 Å². The number of pyridine rings is 1. The highest BCUT2D eigenvalue weighted by atomic mass is 32.1. The van der Waals surface area contributed by atoms with Crippen LogP contribution in [0.1, 0.15) is 26.4 Å². The van der Waals surface area contributed by atoms with E-state index in [1.54, 1.807) is 22.0 Å². The maximum atomic E-state index is 12.5. The average molecular weight is 343 g/mol. The van der Waals surface area contributed by atoms with Gasteiger partial charge in [0, 0.05) is 35.6 Å². The lowest BCUT2D eigenvalue weighted by Crippen LogP contribution is -2.36. The Bertz CT molecular complexity index is 826. The molecule has 0 amide bonds. The van der Waals surface area contributed by atoms with Crippen LogP contribution in [-0.2, 0) is 17.8 Å². The van der Waals surface area contributed by atoms with Crippen molar-refractivity contribution in [1.82, 2.24) is 9.47 Å². The van der Waals surface area contributed by atoms with E-state index in [1.165, 1.54) is 9.75 Å². The number of ether oxygens (including phenoxy) is 1. The third kappa shape index (κ3) is 3.75. The first-order valence-electron chi connectivity index (χ1n) is 8.06. The largest absolute Gasteiger partial charge is 0.379 e. The van der Waals surface area contributed by atoms with E-state index in [0.29, 0.717) is 6.54 Å². The molecule has 0 atom stereocenters. The second-order valence-electron chi connectivity index (χ2n) is 6.13. The SMILES string of the molecule is Cc1cc(Cn2cc(CN3CCOCC3)cc(C#N)c2=O)c(C)s1. The van der Waals surface area contributed by atoms with Crippen molar-refractivity contribution in [2.45, 2.75) is 26.9 Å². The number of nitrogens with zero attached hydrogens (tertiary/aromatic N) is 3. The Hall–Kier alpha value is -1.94. The lowest BCUT2D eigenvalue weighted by atomic mass is 10.1. The normalized spacial score (nSPS) is 15.4. The number of aryl methyl sites for hydroxylation is 2. The van der Waals surface area contributed by atoms with E-state index in [9.17, 15) is 10.1 Å². The lowest BCUT2D eigenvalue weighted by Gasteiger charge is -2.26. The average Bonchev–Trinajstić information content (AvgIpc) is 2.88. The van der Waals surface area contributed by atoms with Gasteiger partial charge in [0.2, 0.25) is 0 Å². The third-order valence-electron chi connectivity index (χ3n) is 4.26. The molecule has 0 unspecified atom stereocenters. The molecule has 1 saturated heterocycles. The molecular formula is C18H21N3O2S. The topological polar surface area (TPSA) is 58.3 Å². The van der Waals surface area contributed by atoms with Gasteiger partial charge in [-0.2, -0.15) is 5.26 Å². The third-order valence-corrected chi connectivity index (χ3v) is 5.27. The van der Waals surface area contributed by atoms with Crippen molar-refractivity contribution in [1.29, 1.82) is 5.26 Å². The highest BCUT2D eigenvalue weighted by molar-refractivity contribution is 7.12. The molecule has 3 heterocycles. The van der Waals surface area contributed by atoms with Crippen molar-refractivity contribution in [3.8, 4) is 6.07 Å². The van der Waals surface area contributed by atoms with Gasteiger partial charge in [-0.15, -0.1) is 11.3 Å². The van der Waals surface area contributed by atoms with E-state index in [0.717, 1.165) is 44.0 Å². The fourth-order valence-electron chi connectivity index (χ4n) is 3.02. The maximum absolute atomic E-state index is 12.5. The molecule has 6 heteroatoms. The van der Waals surface area contributed by atoms with Gasteiger partial charge in [0.05, 0.1) is 19.8 Å². The summed E-state index contributed by atoms with van der Waals surface area (Å²) in [6.45, 7) is 8.62. The molecule has 0 bridgehead atoms. The van der Waals surface area contributed by atoms with Crippen LogP contribution >= 0.6 is 11.3 Å². The molecule has 1 fully saturated rings. The highest BCUT2D eigenvalue weighted by Gasteiger charge is 2.14. The molecular weight excluding hydrogens is 322 g/mol. The molecule has 1 aliphatic heterocycles. The summed E-state index contributed by atoms with van der Waals surface area (Å²) in [4.78, 5) is 17.2. The number of hydrogen-bond donors (Lipinski definition) is 0. The first kappa shape index (κ1) is 16.9. The Labute approximate surface area is 145 Å². The monoisotopic (exact) mass is 343 g/mol. The van der Waals surface area contributed by atoms with E-state index in [1.807, 2.05) is 12.3 Å². The van der Waals surface area contributed by atoms with Crippen LogP contribution in [0.5, 0.6) is 0 Å². The van der Waals surface area contributed by atoms with Gasteiger partial charge in [-0.25, -0.2) is 0 Å². The highest BCUT2D eigenvalue weighted by Crippen LogP contribution is 2.21. The molecule has 0 aromatic carbocycles. The zero-order valence-corrected chi connectivity index (χ0v) is 14.9. The second kappa shape index (κ2) is 7.31. The summed E-state index contributed by atoms with van der Waals surface area (Å²) in [5.41, 5.74) is 2.14. The summed E-state index contributed by atoms with van der Waals surface area (Å²) in [7, 11) is 0. The van der Waals surface area contributed by atoms with Crippen LogP contribution in [0, 0.1) is 25.2 Å². The zero-order valence-electron chi connectivity index (χ0n) is 14.0. The van der Waals surface area contributed by atoms with Gasteiger partial charge in [-0.3, -0.25) is 9.69 Å². The fraction of sp³-hybridized carbons (Fsp3) is 0.444. The Balaban J connectivity index is 1.90. The van der Waals surface area contributed by atoms with E-state index < -0.39 is 0 Å². The molecule has 0 spiro atoms. The summed E-state index contributed by atoms with van der Waals surface area (Å²) in [6.07, 6.45) is 1.89. The van der Waals surface area contributed by atoms with Gasteiger partial charge in [-0.05, 0) is 37.1 Å². The lowest BCUT2D eigenvalue weighted by molar-refractivity contribution is 0.0341. The Morgan fingerprint density at radius 3 is 2.62 bits per heavy atom. The van der Waals surface area contributed by atoms with Crippen molar-refractivity contribution < 1.29 is 4.74 Å². The maximum Gasteiger partial charge on any atom is 0.268 e. The fourth-order valence-corrected chi connectivity index (χ4v) is 3.96. The summed E-state index contributed by atoms with van der Waals surface area (Å²) in [5.74, 6) is 0. The number of rotatable bonds is 4. The molecule has 126 valence electrons. The van der Waals surface area contributed by atoms with Crippen molar-refractivity contribution in [2.75, 3.05) is 26.3 Å². The molecule has 0 radical (unpaired) electrons. The number of morpholine rings is 1. The first-order valence-corrected chi connectivity index (χ1v) is 8.88. The predicted molar refractivity (Wildman–Crippen MR) is 94.4 cm³/mol. The molecule has 24 heavy (non-hydrogen) atoms. The summed E-state index contributed by atoms with van der Waals surface area (Å²) in [5, 5.41) is 9.30. The van der Waals surface area contributed by atoms with Gasteiger partial charge in [0.15, 0.2) is 0 Å². The molecule has 3 rings (SSSR count). The van der Waals surface area contributed by atoms with Crippen LogP contribution in [-0.4, -0.2) is 35.8 Å². The Morgan fingerprint density at radius 2 is 2.00 bits per heavy atom. The van der Waals surface area contributed by atoms with Crippen LogP contribution in [0.2, 0.25) is 0 Å². The summed E-state index contributed by atoms with van der Waals surface area (Å²) >= 11 is 1.73. The predicted octanol–water partition coefficient (Wildman–Crippen LogP) is 2.28. The van der Waals surface area contributed by atoms with Crippen molar-refractivity contribution in [2.24, 2.45) is 0 Å². The van der Waals surface area contributed by atoms with E-state index >= 15 is 0 Å². The van der Waals surface area contributed by atoms with Crippen LogP contribution in [0.25, 0.3) is 0 Å². The minimum Gasteiger partial charge on any atom is -0.379 e. The van der Waals surface area contributed by atoms with Crippen LogP contribution in [0.15, 0.2) is 23.1 Å². The molecule has 2 aromatic heterocycles. The van der Waals surface area contributed by atoms with Gasteiger partial charge < -0.3 is 9.30 Å². The molecule has 0 N–H and O–H groups in total.